The maximum Gasteiger partial charge on any atom is 0.0735 e. The van der Waals surface area contributed by atoms with Crippen molar-refractivity contribution in [3.05, 3.63) is 23.5 Å². The molecule has 3 heteroatoms. The summed E-state index contributed by atoms with van der Waals surface area (Å²) in [7, 11) is 0. The maximum absolute atomic E-state index is 5.39. The van der Waals surface area contributed by atoms with Crippen LogP contribution in [0, 0.1) is 0 Å². The molecule has 3 nitrogen and oxygen atoms in total. The van der Waals surface area contributed by atoms with Gasteiger partial charge in [-0.2, -0.15) is 0 Å². The van der Waals surface area contributed by atoms with Crippen molar-refractivity contribution in [1.29, 1.82) is 0 Å². The lowest BCUT2D eigenvalue weighted by Crippen LogP contribution is -2.14. The Kier molecular flexibility index (Phi) is 2.68. The first-order valence-corrected chi connectivity index (χ1v) is 5.08. The molecule has 0 atom stereocenters. The molecule has 1 aromatic rings. The van der Waals surface area contributed by atoms with Crippen LogP contribution in [0.15, 0.2) is 12.3 Å². The van der Waals surface area contributed by atoms with E-state index in [9.17, 15) is 0 Å². The molecule has 1 aliphatic heterocycles. The monoisotopic (exact) mass is 192 g/mol. The number of fused-ring (bicyclic) bond motifs is 1. The van der Waals surface area contributed by atoms with Crippen molar-refractivity contribution in [1.82, 2.24) is 4.98 Å². The number of aromatic nitrogens is 1. The minimum absolute atomic E-state index is 0.444. The zero-order valence-electron chi connectivity index (χ0n) is 8.71. The van der Waals surface area contributed by atoms with Gasteiger partial charge >= 0.3 is 0 Å². The highest BCUT2D eigenvalue weighted by atomic mass is 16.5. The first kappa shape index (κ1) is 9.46. The van der Waals surface area contributed by atoms with Crippen LogP contribution >= 0.6 is 0 Å². The van der Waals surface area contributed by atoms with E-state index in [0.717, 1.165) is 18.7 Å². The Hall–Kier alpha value is -1.09. The fourth-order valence-corrected chi connectivity index (χ4v) is 1.65. The number of rotatable bonds is 2. The van der Waals surface area contributed by atoms with Crippen molar-refractivity contribution in [3.63, 3.8) is 0 Å². The molecule has 0 aliphatic carbocycles. The third-order valence-electron chi connectivity index (χ3n) is 2.26. The van der Waals surface area contributed by atoms with Gasteiger partial charge in [0.15, 0.2) is 0 Å². The Balaban J connectivity index is 2.20. The second-order valence-corrected chi connectivity index (χ2v) is 3.93. The minimum atomic E-state index is 0.444. The average molecular weight is 192 g/mol. The fraction of sp³-hybridized carbons (Fsp3) is 0.545. The summed E-state index contributed by atoms with van der Waals surface area (Å²) in [6.07, 6.45) is 2.85. The van der Waals surface area contributed by atoms with Crippen molar-refractivity contribution in [3.8, 4) is 0 Å². The summed E-state index contributed by atoms with van der Waals surface area (Å²) < 4.78 is 5.39. The Labute approximate surface area is 84.5 Å². The Bertz CT molecular complexity index is 323. The molecular weight excluding hydrogens is 176 g/mol. The summed E-state index contributed by atoms with van der Waals surface area (Å²) in [4.78, 5) is 4.43. The predicted molar refractivity (Wildman–Crippen MR) is 56.4 cm³/mol. The van der Waals surface area contributed by atoms with Gasteiger partial charge in [-0.25, -0.2) is 0 Å². The van der Waals surface area contributed by atoms with Gasteiger partial charge in [-0.3, -0.25) is 4.98 Å². The molecular formula is C11H16N2O. The van der Waals surface area contributed by atoms with Crippen LogP contribution in [0.25, 0.3) is 0 Å². The van der Waals surface area contributed by atoms with E-state index in [1.165, 1.54) is 11.3 Å². The lowest BCUT2D eigenvalue weighted by Gasteiger charge is -2.17. The number of hydrogen-bond donors (Lipinski definition) is 1. The molecule has 0 amide bonds. The summed E-state index contributed by atoms with van der Waals surface area (Å²) in [5.74, 6) is 0. The molecule has 14 heavy (non-hydrogen) atoms. The van der Waals surface area contributed by atoms with Crippen LogP contribution < -0.4 is 5.32 Å². The highest BCUT2D eigenvalue weighted by Crippen LogP contribution is 2.18. The van der Waals surface area contributed by atoms with Crippen LogP contribution in [-0.4, -0.2) is 17.6 Å². The van der Waals surface area contributed by atoms with E-state index in [-0.39, 0.29) is 0 Å². The molecule has 0 radical (unpaired) electrons. The molecule has 0 spiro atoms. The first-order valence-electron chi connectivity index (χ1n) is 5.08. The van der Waals surface area contributed by atoms with Crippen molar-refractivity contribution in [2.45, 2.75) is 32.9 Å². The van der Waals surface area contributed by atoms with Gasteiger partial charge < -0.3 is 10.1 Å². The Morgan fingerprint density at radius 3 is 3.14 bits per heavy atom. The molecule has 0 saturated heterocycles. The summed E-state index contributed by atoms with van der Waals surface area (Å²) in [6, 6.07) is 2.58. The van der Waals surface area contributed by atoms with Crippen molar-refractivity contribution < 1.29 is 4.74 Å². The van der Waals surface area contributed by atoms with E-state index >= 15 is 0 Å². The molecule has 2 rings (SSSR count). The third kappa shape index (κ3) is 2.04. The van der Waals surface area contributed by atoms with Crippen molar-refractivity contribution in [2.24, 2.45) is 0 Å². The number of nitrogens with one attached hydrogen (secondary N) is 1. The molecule has 0 fully saturated rings. The quantitative estimate of drug-likeness (QED) is 0.778. The molecule has 76 valence electrons. The highest BCUT2D eigenvalue weighted by molar-refractivity contribution is 5.45. The molecule has 1 N–H and O–H groups in total. The van der Waals surface area contributed by atoms with Gasteiger partial charge in [-0.1, -0.05) is 0 Å². The van der Waals surface area contributed by atoms with Gasteiger partial charge in [-0.15, -0.1) is 0 Å². The number of ether oxygens (including phenoxy) is 1. The van der Waals surface area contributed by atoms with Crippen molar-refractivity contribution >= 4 is 5.69 Å². The average Bonchev–Trinajstić information content (AvgIpc) is 2.17. The topological polar surface area (TPSA) is 34.2 Å². The van der Waals surface area contributed by atoms with Gasteiger partial charge in [0.05, 0.1) is 25.1 Å². The van der Waals surface area contributed by atoms with E-state index in [1.807, 2.05) is 6.20 Å². The summed E-state index contributed by atoms with van der Waals surface area (Å²) in [5, 5.41) is 3.34. The normalized spacial score (nSPS) is 15.4. The maximum atomic E-state index is 5.39. The van der Waals surface area contributed by atoms with E-state index in [1.54, 1.807) is 0 Å². The third-order valence-corrected chi connectivity index (χ3v) is 2.26. The number of hydrogen-bond acceptors (Lipinski definition) is 3. The zero-order valence-corrected chi connectivity index (χ0v) is 8.71. The second-order valence-electron chi connectivity index (χ2n) is 3.93. The minimum Gasteiger partial charge on any atom is -0.382 e. The van der Waals surface area contributed by atoms with Crippen LogP contribution in [0.4, 0.5) is 5.69 Å². The summed E-state index contributed by atoms with van der Waals surface area (Å²) in [6.45, 7) is 5.75. The van der Waals surface area contributed by atoms with Gasteiger partial charge in [0, 0.05) is 23.7 Å². The van der Waals surface area contributed by atoms with E-state index in [0.29, 0.717) is 12.6 Å². The van der Waals surface area contributed by atoms with Gasteiger partial charge in [-0.05, 0) is 19.9 Å². The molecule has 0 aromatic carbocycles. The summed E-state index contributed by atoms with van der Waals surface area (Å²) >= 11 is 0. The lowest BCUT2D eigenvalue weighted by molar-refractivity contribution is 0.109. The second kappa shape index (κ2) is 3.96. The van der Waals surface area contributed by atoms with Crippen LogP contribution in [0.5, 0.6) is 0 Å². The highest BCUT2D eigenvalue weighted by Gasteiger charge is 2.11. The number of pyridine rings is 1. The zero-order chi connectivity index (χ0) is 9.97. The largest absolute Gasteiger partial charge is 0.382 e. The van der Waals surface area contributed by atoms with E-state index in [2.05, 4.69) is 30.2 Å². The van der Waals surface area contributed by atoms with Crippen LogP contribution in [0.2, 0.25) is 0 Å². The van der Waals surface area contributed by atoms with Gasteiger partial charge in [0.2, 0.25) is 0 Å². The number of nitrogens with zero attached hydrogens (tertiary/aromatic N) is 1. The Morgan fingerprint density at radius 2 is 2.36 bits per heavy atom. The molecule has 1 aliphatic rings. The lowest BCUT2D eigenvalue weighted by atomic mass is 10.1. The van der Waals surface area contributed by atoms with Crippen molar-refractivity contribution in [2.75, 3.05) is 11.9 Å². The van der Waals surface area contributed by atoms with Crippen LogP contribution in [0.1, 0.15) is 25.1 Å². The van der Waals surface area contributed by atoms with E-state index in [4.69, 9.17) is 4.74 Å². The fourth-order valence-electron chi connectivity index (χ4n) is 1.65. The molecule has 0 saturated carbocycles. The molecule has 0 bridgehead atoms. The molecule has 1 aromatic heterocycles. The van der Waals surface area contributed by atoms with Crippen LogP contribution in [-0.2, 0) is 17.8 Å². The van der Waals surface area contributed by atoms with Gasteiger partial charge in [0.25, 0.3) is 0 Å². The van der Waals surface area contributed by atoms with E-state index < -0.39 is 0 Å². The predicted octanol–water partition coefficient (Wildman–Crippen LogP) is 1.97. The first-order chi connectivity index (χ1) is 6.75. The smallest absolute Gasteiger partial charge is 0.0735 e. The molecule has 0 unspecified atom stereocenters. The number of anilines is 1. The SMILES string of the molecule is CC(C)Nc1cnc2c(c1)COCC2. The standard InChI is InChI=1S/C11H16N2O/c1-8(2)13-10-5-9-7-14-4-3-11(9)12-6-10/h5-6,8,13H,3-4,7H2,1-2H3. The Morgan fingerprint density at radius 1 is 1.50 bits per heavy atom. The molecule has 2 heterocycles. The van der Waals surface area contributed by atoms with Crippen LogP contribution in [0.3, 0.4) is 0 Å². The summed E-state index contributed by atoms with van der Waals surface area (Å²) in [5.41, 5.74) is 3.50. The van der Waals surface area contributed by atoms with Gasteiger partial charge in [0.1, 0.15) is 0 Å².